The van der Waals surface area contributed by atoms with E-state index in [2.05, 4.69) is 19.6 Å². The molecular formula is C6H15NaO2Si. The zero-order valence-corrected chi connectivity index (χ0v) is 10.8. The van der Waals surface area contributed by atoms with Gasteiger partial charge in [0.1, 0.15) is 0 Å². The van der Waals surface area contributed by atoms with E-state index in [9.17, 15) is 9.90 Å². The van der Waals surface area contributed by atoms with Crippen LogP contribution >= 0.6 is 0 Å². The number of carboxylic acid groups (broad SMARTS) is 1. The Morgan fingerprint density at radius 3 is 1.50 bits per heavy atom. The topological polar surface area (TPSA) is 40.1 Å². The van der Waals surface area contributed by atoms with Crippen LogP contribution < -0.4 is 34.7 Å². The zero-order valence-electron chi connectivity index (χ0n) is 7.60. The van der Waals surface area contributed by atoms with E-state index in [0.717, 1.165) is 0 Å². The Morgan fingerprint density at radius 1 is 1.40 bits per heavy atom. The maximum atomic E-state index is 9.26. The molecule has 0 bridgehead atoms. The van der Waals surface area contributed by atoms with Gasteiger partial charge in [0.05, 0.1) is 0 Å². The van der Waals surface area contributed by atoms with Gasteiger partial charge in [0.2, 0.25) is 0 Å². The molecular weight excluding hydrogens is 155 g/mol. The second-order valence-electron chi connectivity index (χ2n) is 2.46. The number of hydrogen-bond donors (Lipinski definition) is 0. The van der Waals surface area contributed by atoms with Gasteiger partial charge in [-0.1, -0.05) is 26.6 Å². The van der Waals surface area contributed by atoms with Crippen molar-refractivity contribution in [2.45, 2.75) is 33.0 Å². The molecule has 0 aliphatic carbocycles. The van der Waals surface area contributed by atoms with Crippen molar-refractivity contribution >= 4 is 14.8 Å². The van der Waals surface area contributed by atoms with Crippen LogP contribution in [0, 0.1) is 0 Å². The van der Waals surface area contributed by atoms with Gasteiger partial charge in [-0.15, -0.1) is 0 Å². The first kappa shape index (κ1) is 17.0. The van der Waals surface area contributed by atoms with Crippen molar-refractivity contribution in [1.29, 1.82) is 0 Å². The monoisotopic (exact) mass is 170 g/mol. The molecule has 4 heteroatoms. The first-order chi connectivity index (χ1) is 4.00. The largest absolute Gasteiger partial charge is 1.00 e. The third kappa shape index (κ3) is 71.1. The van der Waals surface area contributed by atoms with E-state index in [-0.39, 0.29) is 44.8 Å². The van der Waals surface area contributed by atoms with Crippen molar-refractivity contribution in [3.63, 3.8) is 0 Å². The number of carbonyl (C=O) groups excluding carboxylic acids is 1. The molecule has 0 unspecified atom stereocenters. The Bertz CT molecular complexity index is 73.4. The fraction of sp³-hybridized carbons (Fsp3) is 0.833. The SMILES string of the molecule is CCC(=O)[O-].C[SiH](C)C.[Na+]. The number of carbonyl (C=O) groups is 1. The number of carboxylic acids is 1. The molecule has 0 aromatic rings. The molecule has 0 aromatic heterocycles. The zero-order chi connectivity index (χ0) is 7.86. The average Bonchev–Trinajstić information content (AvgIpc) is 1.65. The Morgan fingerprint density at radius 2 is 1.50 bits per heavy atom. The quantitative estimate of drug-likeness (QED) is 0.400. The minimum atomic E-state index is -0.995. The summed E-state index contributed by atoms with van der Waals surface area (Å²) in [6, 6.07) is 0. The van der Waals surface area contributed by atoms with Crippen molar-refractivity contribution in [3.8, 4) is 0 Å². The molecule has 0 N–H and O–H groups in total. The van der Waals surface area contributed by atoms with Crippen LogP contribution in [-0.2, 0) is 4.79 Å². The first-order valence-corrected chi connectivity index (χ1v) is 6.67. The molecule has 0 spiro atoms. The Balaban J connectivity index is -0.0000000910. The smallest absolute Gasteiger partial charge is 0.550 e. The van der Waals surface area contributed by atoms with Crippen LogP contribution in [0.1, 0.15) is 13.3 Å². The van der Waals surface area contributed by atoms with E-state index >= 15 is 0 Å². The van der Waals surface area contributed by atoms with Gasteiger partial charge in [-0.3, -0.25) is 0 Å². The van der Waals surface area contributed by atoms with E-state index in [0.29, 0.717) is 0 Å². The predicted octanol–water partition coefficient (Wildman–Crippen LogP) is -2.75. The van der Waals surface area contributed by atoms with Crippen LogP contribution in [0.5, 0.6) is 0 Å². The minimum Gasteiger partial charge on any atom is -0.550 e. The molecule has 0 radical (unpaired) electrons. The van der Waals surface area contributed by atoms with Crippen LogP contribution in [0.15, 0.2) is 0 Å². The van der Waals surface area contributed by atoms with Crippen LogP contribution in [0.25, 0.3) is 0 Å². The van der Waals surface area contributed by atoms with Crippen molar-refractivity contribution in [2.24, 2.45) is 0 Å². The van der Waals surface area contributed by atoms with E-state index < -0.39 is 5.97 Å². The van der Waals surface area contributed by atoms with Crippen molar-refractivity contribution in [1.82, 2.24) is 0 Å². The Hall–Kier alpha value is 0.687. The molecule has 10 heavy (non-hydrogen) atoms. The maximum absolute atomic E-state index is 9.26. The molecule has 0 aromatic carbocycles. The van der Waals surface area contributed by atoms with Gasteiger partial charge in [-0.2, -0.15) is 0 Å². The van der Waals surface area contributed by atoms with Crippen LogP contribution in [0.3, 0.4) is 0 Å². The summed E-state index contributed by atoms with van der Waals surface area (Å²) >= 11 is 0. The normalized spacial score (nSPS) is 7.30. The number of aliphatic carboxylic acids is 1. The van der Waals surface area contributed by atoms with Gasteiger partial charge in [0, 0.05) is 14.8 Å². The van der Waals surface area contributed by atoms with Gasteiger partial charge < -0.3 is 9.90 Å². The van der Waals surface area contributed by atoms with E-state index in [1.165, 1.54) is 6.92 Å². The fourth-order valence-corrected chi connectivity index (χ4v) is 0. The van der Waals surface area contributed by atoms with Crippen molar-refractivity contribution in [2.75, 3.05) is 0 Å². The molecule has 2 nitrogen and oxygen atoms in total. The van der Waals surface area contributed by atoms with Gasteiger partial charge in [0.15, 0.2) is 0 Å². The van der Waals surface area contributed by atoms with Crippen LogP contribution in [-0.4, -0.2) is 14.8 Å². The van der Waals surface area contributed by atoms with E-state index in [1.54, 1.807) is 0 Å². The van der Waals surface area contributed by atoms with Gasteiger partial charge in [0.25, 0.3) is 0 Å². The van der Waals surface area contributed by atoms with E-state index in [4.69, 9.17) is 0 Å². The second-order valence-corrected chi connectivity index (χ2v) is 5.92. The fourth-order valence-electron chi connectivity index (χ4n) is 0. The van der Waals surface area contributed by atoms with Crippen molar-refractivity contribution in [3.05, 3.63) is 0 Å². The maximum Gasteiger partial charge on any atom is 1.00 e. The molecule has 0 aliphatic heterocycles. The molecule has 0 atom stereocenters. The van der Waals surface area contributed by atoms with Crippen LogP contribution in [0.2, 0.25) is 19.6 Å². The molecule has 0 saturated heterocycles. The molecule has 0 rings (SSSR count). The van der Waals surface area contributed by atoms with Gasteiger partial charge >= 0.3 is 29.6 Å². The first-order valence-electron chi connectivity index (χ1n) is 3.20. The molecule has 56 valence electrons. The molecule has 0 aliphatic rings. The summed E-state index contributed by atoms with van der Waals surface area (Å²) in [6.07, 6.45) is 0.111. The molecule has 0 fully saturated rings. The summed E-state index contributed by atoms with van der Waals surface area (Å²) in [7, 11) is -0.139. The third-order valence-corrected chi connectivity index (χ3v) is 0.289. The summed E-state index contributed by atoms with van der Waals surface area (Å²) in [4.78, 5) is 9.26. The summed E-state index contributed by atoms with van der Waals surface area (Å²) in [5.41, 5.74) is 0. The number of rotatable bonds is 1. The van der Waals surface area contributed by atoms with Crippen LogP contribution in [0.4, 0.5) is 0 Å². The predicted molar refractivity (Wildman–Crippen MR) is 40.0 cm³/mol. The Kier molecular flexibility index (Phi) is 21.0. The average molecular weight is 170 g/mol. The summed E-state index contributed by atoms with van der Waals surface area (Å²) in [6.45, 7) is 8.45. The Labute approximate surface area is 86.9 Å². The summed E-state index contributed by atoms with van der Waals surface area (Å²) in [5.74, 6) is -0.995. The second kappa shape index (κ2) is 12.4. The molecule has 0 heterocycles. The van der Waals surface area contributed by atoms with Gasteiger partial charge in [-0.25, -0.2) is 0 Å². The molecule has 0 saturated carbocycles. The summed E-state index contributed by atoms with van der Waals surface area (Å²) < 4.78 is 0. The standard InChI is InChI=1S/C3H6O2.C3H10Si.Na/c1-2-3(4)5;1-4(2)3;/h2H2,1H3,(H,4,5);4H,1-3H3;/q;;+1/p-1. The van der Waals surface area contributed by atoms with E-state index in [1.807, 2.05) is 0 Å². The van der Waals surface area contributed by atoms with Crippen molar-refractivity contribution < 1.29 is 39.5 Å². The van der Waals surface area contributed by atoms with Gasteiger partial charge in [-0.05, 0) is 6.42 Å². The molecule has 0 amide bonds. The minimum absolute atomic E-state index is 0. The third-order valence-electron chi connectivity index (χ3n) is 0.289. The number of hydrogen-bond acceptors (Lipinski definition) is 2. The summed E-state index contributed by atoms with van der Waals surface area (Å²) in [5, 5.41) is 9.26.